The van der Waals surface area contributed by atoms with Crippen LogP contribution in [0, 0.1) is 19.7 Å². The molecule has 0 aliphatic heterocycles. The zero-order valence-corrected chi connectivity index (χ0v) is 9.92. The zero-order valence-electron chi connectivity index (χ0n) is 9.92. The van der Waals surface area contributed by atoms with Gasteiger partial charge in [0.2, 0.25) is 0 Å². The van der Waals surface area contributed by atoms with Crippen LogP contribution in [0.15, 0.2) is 30.3 Å². The molecule has 0 radical (unpaired) electrons. The van der Waals surface area contributed by atoms with Gasteiger partial charge in [-0.3, -0.25) is 0 Å². The fourth-order valence-corrected chi connectivity index (χ4v) is 2.66. The van der Waals surface area contributed by atoms with Crippen molar-refractivity contribution in [3.63, 3.8) is 0 Å². The molecule has 17 heavy (non-hydrogen) atoms. The first-order valence-electron chi connectivity index (χ1n) is 5.75. The van der Waals surface area contributed by atoms with Crippen LogP contribution in [0.4, 0.5) is 4.39 Å². The minimum atomic E-state index is -0.199. The summed E-state index contributed by atoms with van der Waals surface area (Å²) in [5.74, 6) is -0.176. The fourth-order valence-electron chi connectivity index (χ4n) is 2.66. The quantitative estimate of drug-likeness (QED) is 0.732. The first-order chi connectivity index (χ1) is 8.11. The summed E-state index contributed by atoms with van der Waals surface area (Å²) in [6.45, 7) is 4.07. The molecule has 0 bridgehead atoms. The van der Waals surface area contributed by atoms with Crippen molar-refractivity contribution in [1.82, 2.24) is 0 Å². The van der Waals surface area contributed by atoms with Gasteiger partial charge in [-0.2, -0.15) is 0 Å². The third kappa shape index (κ3) is 1.28. The molecule has 1 unspecified atom stereocenters. The molecule has 86 valence electrons. The molecule has 3 rings (SSSR count). The van der Waals surface area contributed by atoms with E-state index in [0.29, 0.717) is 5.56 Å². The smallest absolute Gasteiger partial charge is 0.131 e. The Balaban J connectivity index is 2.44. The number of hydrogen-bond acceptors (Lipinski definition) is 1. The third-order valence-corrected chi connectivity index (χ3v) is 3.73. The minimum absolute atomic E-state index is 0.176. The van der Waals surface area contributed by atoms with Crippen LogP contribution < -0.4 is 5.73 Å². The molecule has 0 aromatic heterocycles. The first-order valence-corrected chi connectivity index (χ1v) is 5.75. The van der Waals surface area contributed by atoms with Crippen LogP contribution in [0.1, 0.15) is 28.3 Å². The normalized spacial score (nSPS) is 16.8. The Morgan fingerprint density at radius 3 is 2.47 bits per heavy atom. The van der Waals surface area contributed by atoms with E-state index >= 15 is 0 Å². The summed E-state index contributed by atoms with van der Waals surface area (Å²) in [4.78, 5) is 0. The van der Waals surface area contributed by atoms with Gasteiger partial charge in [-0.1, -0.05) is 24.3 Å². The van der Waals surface area contributed by atoms with Gasteiger partial charge in [0.25, 0.3) is 0 Å². The van der Waals surface area contributed by atoms with Crippen LogP contribution in [0.5, 0.6) is 0 Å². The lowest BCUT2D eigenvalue weighted by atomic mass is 9.96. The predicted octanol–water partition coefficient (Wildman–Crippen LogP) is 3.47. The lowest BCUT2D eigenvalue weighted by molar-refractivity contribution is 0.630. The van der Waals surface area contributed by atoms with Crippen molar-refractivity contribution in [2.75, 3.05) is 0 Å². The lowest BCUT2D eigenvalue weighted by Crippen LogP contribution is -2.08. The summed E-state index contributed by atoms with van der Waals surface area (Å²) < 4.78 is 14.0. The van der Waals surface area contributed by atoms with Crippen LogP contribution in [0.2, 0.25) is 0 Å². The molecule has 2 aromatic rings. The summed E-state index contributed by atoms with van der Waals surface area (Å²) >= 11 is 0. The molecular weight excluding hydrogens is 213 g/mol. The average molecular weight is 227 g/mol. The average Bonchev–Trinajstić information content (AvgIpc) is 2.60. The molecule has 1 atom stereocenters. The highest BCUT2D eigenvalue weighted by molar-refractivity contribution is 5.82. The largest absolute Gasteiger partial charge is 0.320 e. The number of rotatable bonds is 0. The van der Waals surface area contributed by atoms with Gasteiger partial charge < -0.3 is 5.73 Å². The Kier molecular flexibility index (Phi) is 2.10. The Bertz CT molecular complexity index is 617. The highest BCUT2D eigenvalue weighted by Gasteiger charge is 2.29. The Hall–Kier alpha value is -1.67. The summed E-state index contributed by atoms with van der Waals surface area (Å²) in [7, 11) is 0. The molecule has 0 amide bonds. The summed E-state index contributed by atoms with van der Waals surface area (Å²) in [5.41, 5.74) is 12.1. The molecule has 0 fully saturated rings. The van der Waals surface area contributed by atoms with Gasteiger partial charge >= 0.3 is 0 Å². The molecule has 0 heterocycles. The Morgan fingerprint density at radius 2 is 1.71 bits per heavy atom. The van der Waals surface area contributed by atoms with E-state index in [9.17, 15) is 4.39 Å². The second kappa shape index (κ2) is 3.41. The summed E-state index contributed by atoms with van der Waals surface area (Å²) in [5, 5.41) is 0. The number of halogens is 1. The number of nitrogens with two attached hydrogens (primary N) is 1. The van der Waals surface area contributed by atoms with Gasteiger partial charge in [-0.15, -0.1) is 0 Å². The molecule has 0 spiro atoms. The maximum atomic E-state index is 14.0. The van der Waals surface area contributed by atoms with Crippen molar-refractivity contribution in [3.8, 4) is 11.1 Å². The monoisotopic (exact) mass is 227 g/mol. The fraction of sp³-hybridized carbons (Fsp3) is 0.200. The summed E-state index contributed by atoms with van der Waals surface area (Å²) in [6, 6.07) is 9.01. The molecule has 0 saturated carbocycles. The minimum Gasteiger partial charge on any atom is -0.320 e. The Labute approximate surface area is 100 Å². The van der Waals surface area contributed by atoms with Crippen LogP contribution in [0.25, 0.3) is 11.1 Å². The van der Waals surface area contributed by atoms with Crippen molar-refractivity contribution in [3.05, 3.63) is 58.4 Å². The van der Waals surface area contributed by atoms with E-state index < -0.39 is 0 Å². The maximum Gasteiger partial charge on any atom is 0.131 e. The van der Waals surface area contributed by atoms with Crippen LogP contribution >= 0.6 is 0 Å². The standard InChI is InChI=1S/C15H14FN/c1-8-6-7-11-13(9(8)2)14-10(15(11)17)4-3-5-12(14)16/h3-7,15H,17H2,1-2H3. The molecular formula is C15H14FN. The van der Waals surface area contributed by atoms with Crippen molar-refractivity contribution in [1.29, 1.82) is 0 Å². The van der Waals surface area contributed by atoms with Gasteiger partial charge in [-0.25, -0.2) is 4.39 Å². The van der Waals surface area contributed by atoms with Gasteiger partial charge in [0, 0.05) is 5.56 Å². The number of fused-ring (bicyclic) bond motifs is 3. The van der Waals surface area contributed by atoms with E-state index in [0.717, 1.165) is 22.3 Å². The lowest BCUT2D eigenvalue weighted by Gasteiger charge is -2.09. The van der Waals surface area contributed by atoms with E-state index in [4.69, 9.17) is 5.73 Å². The number of aryl methyl sites for hydroxylation is 1. The Morgan fingerprint density at radius 1 is 1.00 bits per heavy atom. The van der Waals surface area contributed by atoms with Gasteiger partial charge in [0.1, 0.15) is 5.82 Å². The van der Waals surface area contributed by atoms with E-state index in [1.165, 1.54) is 11.6 Å². The van der Waals surface area contributed by atoms with E-state index in [1.807, 2.05) is 26.0 Å². The molecule has 2 aromatic carbocycles. The third-order valence-electron chi connectivity index (χ3n) is 3.73. The molecule has 2 heteroatoms. The highest BCUT2D eigenvalue weighted by atomic mass is 19.1. The van der Waals surface area contributed by atoms with Gasteiger partial charge in [0.15, 0.2) is 0 Å². The van der Waals surface area contributed by atoms with Crippen molar-refractivity contribution < 1.29 is 4.39 Å². The molecule has 0 saturated heterocycles. The predicted molar refractivity (Wildman–Crippen MR) is 67.3 cm³/mol. The van der Waals surface area contributed by atoms with Crippen molar-refractivity contribution in [2.24, 2.45) is 5.73 Å². The molecule has 2 N–H and O–H groups in total. The molecule has 1 nitrogen and oxygen atoms in total. The van der Waals surface area contributed by atoms with E-state index in [2.05, 4.69) is 6.07 Å². The number of hydrogen-bond donors (Lipinski definition) is 1. The number of benzene rings is 2. The highest BCUT2D eigenvalue weighted by Crippen LogP contribution is 2.45. The van der Waals surface area contributed by atoms with Crippen LogP contribution in [0.3, 0.4) is 0 Å². The van der Waals surface area contributed by atoms with Crippen molar-refractivity contribution in [2.45, 2.75) is 19.9 Å². The second-order valence-corrected chi connectivity index (χ2v) is 4.65. The van der Waals surface area contributed by atoms with E-state index in [-0.39, 0.29) is 11.9 Å². The van der Waals surface area contributed by atoms with Gasteiger partial charge in [0.05, 0.1) is 6.04 Å². The van der Waals surface area contributed by atoms with E-state index in [1.54, 1.807) is 6.07 Å². The summed E-state index contributed by atoms with van der Waals surface area (Å²) in [6.07, 6.45) is 0. The van der Waals surface area contributed by atoms with Crippen molar-refractivity contribution >= 4 is 0 Å². The maximum absolute atomic E-state index is 14.0. The molecule has 1 aliphatic rings. The van der Waals surface area contributed by atoms with Crippen LogP contribution in [-0.2, 0) is 0 Å². The van der Waals surface area contributed by atoms with Crippen LogP contribution in [-0.4, -0.2) is 0 Å². The zero-order chi connectivity index (χ0) is 12.2. The second-order valence-electron chi connectivity index (χ2n) is 4.65. The topological polar surface area (TPSA) is 26.0 Å². The van der Waals surface area contributed by atoms with Gasteiger partial charge in [-0.05, 0) is 47.7 Å². The SMILES string of the molecule is Cc1ccc2c(c1C)-c1c(F)cccc1C2N. The molecule has 1 aliphatic carbocycles. The first kappa shape index (κ1) is 10.5.